The van der Waals surface area contributed by atoms with Crippen molar-refractivity contribution >= 4 is 5.91 Å². The number of nitrogens with zero attached hydrogens (tertiary/aromatic N) is 2. The van der Waals surface area contributed by atoms with Crippen molar-refractivity contribution in [2.24, 2.45) is 0 Å². The number of hydrogen-bond acceptors (Lipinski definition) is 5. The number of carbonyl (C=O) groups is 1. The van der Waals surface area contributed by atoms with Gasteiger partial charge in [-0.1, -0.05) is 42.5 Å². The molecule has 1 N–H and O–H groups in total. The lowest BCUT2D eigenvalue weighted by atomic mass is 10.1. The third-order valence-corrected chi connectivity index (χ3v) is 5.97. The van der Waals surface area contributed by atoms with Crippen LogP contribution in [0.2, 0.25) is 0 Å². The number of hydrogen-bond donors (Lipinski definition) is 1. The third-order valence-electron chi connectivity index (χ3n) is 5.97. The molecule has 3 aromatic rings. The normalized spacial score (nSPS) is 16.1. The van der Waals surface area contributed by atoms with E-state index in [9.17, 15) is 18.0 Å². The molecule has 0 unspecified atom stereocenters. The molecule has 1 aromatic heterocycles. The number of oxazole rings is 1. The van der Waals surface area contributed by atoms with Crippen molar-refractivity contribution in [1.82, 2.24) is 15.2 Å². The Balaban J connectivity index is 1.47. The van der Waals surface area contributed by atoms with Crippen molar-refractivity contribution in [3.63, 3.8) is 0 Å². The van der Waals surface area contributed by atoms with Crippen molar-refractivity contribution in [1.29, 1.82) is 0 Å². The Morgan fingerprint density at radius 2 is 1.97 bits per heavy atom. The second-order valence-corrected chi connectivity index (χ2v) is 8.74. The van der Waals surface area contributed by atoms with Gasteiger partial charge in [0.15, 0.2) is 5.69 Å². The Hall–Kier alpha value is -3.17. The van der Waals surface area contributed by atoms with E-state index in [1.54, 1.807) is 6.07 Å². The van der Waals surface area contributed by atoms with Gasteiger partial charge in [-0.3, -0.25) is 9.69 Å². The minimum atomic E-state index is -4.41. The van der Waals surface area contributed by atoms with Crippen molar-refractivity contribution in [2.75, 3.05) is 13.2 Å². The quantitative estimate of drug-likeness (QED) is 0.454. The number of rotatable bonds is 9. The van der Waals surface area contributed by atoms with Crippen molar-refractivity contribution < 1.29 is 27.1 Å². The fourth-order valence-electron chi connectivity index (χ4n) is 4.08. The van der Waals surface area contributed by atoms with Crippen LogP contribution in [-0.4, -0.2) is 35.0 Å². The molecule has 0 spiro atoms. The highest BCUT2D eigenvalue weighted by atomic mass is 19.4. The Morgan fingerprint density at radius 3 is 2.71 bits per heavy atom. The fourth-order valence-corrected chi connectivity index (χ4v) is 4.08. The molecule has 6 nitrogen and oxygen atoms in total. The van der Waals surface area contributed by atoms with Gasteiger partial charge in [-0.2, -0.15) is 13.2 Å². The first-order valence-electron chi connectivity index (χ1n) is 11.5. The Morgan fingerprint density at radius 1 is 1.14 bits per heavy atom. The van der Waals surface area contributed by atoms with Crippen LogP contribution < -0.4 is 5.32 Å². The lowest BCUT2D eigenvalue weighted by Gasteiger charge is -2.22. The average Bonchev–Trinajstić information content (AvgIpc) is 3.51. The highest BCUT2D eigenvalue weighted by Gasteiger charge is 2.30. The predicted molar refractivity (Wildman–Crippen MR) is 123 cm³/mol. The second kappa shape index (κ2) is 11.0. The Labute approximate surface area is 202 Å². The topological polar surface area (TPSA) is 67.6 Å². The van der Waals surface area contributed by atoms with E-state index in [2.05, 4.69) is 10.3 Å². The molecule has 9 heteroatoms. The molecule has 1 aliphatic rings. The molecule has 0 aliphatic carbocycles. The molecule has 186 valence electrons. The first-order valence-corrected chi connectivity index (χ1v) is 11.5. The van der Waals surface area contributed by atoms with Crippen LogP contribution in [-0.2, 0) is 30.5 Å². The zero-order valence-electron chi connectivity index (χ0n) is 19.5. The number of amides is 1. The zero-order valence-corrected chi connectivity index (χ0v) is 19.5. The molecule has 35 heavy (non-hydrogen) atoms. The monoisotopic (exact) mass is 487 g/mol. The highest BCUT2D eigenvalue weighted by molar-refractivity contribution is 5.91. The maximum atomic E-state index is 13.2. The molecular weight excluding hydrogens is 459 g/mol. The number of aromatic nitrogens is 1. The smallest absolute Gasteiger partial charge is 0.416 e. The van der Waals surface area contributed by atoms with Crippen molar-refractivity contribution in [3.8, 4) is 0 Å². The summed E-state index contributed by atoms with van der Waals surface area (Å²) in [6, 6.07) is 13.1. The lowest BCUT2D eigenvalue weighted by Crippen LogP contribution is -2.32. The van der Waals surface area contributed by atoms with E-state index in [1.807, 2.05) is 36.1 Å². The molecule has 1 aliphatic heterocycles. The molecule has 2 heterocycles. The van der Waals surface area contributed by atoms with Gasteiger partial charge in [0.1, 0.15) is 6.26 Å². The van der Waals surface area contributed by atoms with Crippen LogP contribution in [0.25, 0.3) is 0 Å². The van der Waals surface area contributed by atoms with E-state index >= 15 is 0 Å². The number of carbonyl (C=O) groups excluding carboxylic acids is 1. The minimum absolute atomic E-state index is 0.0161. The van der Waals surface area contributed by atoms with Gasteiger partial charge in [0.2, 0.25) is 5.89 Å². The van der Waals surface area contributed by atoms with E-state index in [-0.39, 0.29) is 30.8 Å². The van der Waals surface area contributed by atoms with Gasteiger partial charge < -0.3 is 14.5 Å². The summed E-state index contributed by atoms with van der Waals surface area (Å²) in [6.45, 7) is 4.06. The predicted octanol–water partition coefficient (Wildman–Crippen LogP) is 5.11. The van der Waals surface area contributed by atoms with E-state index in [0.717, 1.165) is 36.1 Å². The number of benzene rings is 2. The second-order valence-electron chi connectivity index (χ2n) is 8.74. The maximum absolute atomic E-state index is 13.2. The summed E-state index contributed by atoms with van der Waals surface area (Å²) in [5.74, 6) is -0.0355. The van der Waals surface area contributed by atoms with Gasteiger partial charge in [-0.25, -0.2) is 4.98 Å². The van der Waals surface area contributed by atoms with E-state index in [0.29, 0.717) is 31.2 Å². The zero-order chi connectivity index (χ0) is 24.8. The number of halogens is 3. The molecular formula is C26H28F3N3O3. The lowest BCUT2D eigenvalue weighted by molar-refractivity contribution is -0.137. The highest BCUT2D eigenvalue weighted by Crippen LogP contribution is 2.30. The Bertz CT molecular complexity index is 1140. The molecule has 2 aromatic carbocycles. The van der Waals surface area contributed by atoms with Crippen LogP contribution >= 0.6 is 0 Å². The first-order chi connectivity index (χ1) is 16.8. The van der Waals surface area contributed by atoms with Gasteiger partial charge >= 0.3 is 6.18 Å². The van der Waals surface area contributed by atoms with Crippen LogP contribution in [0.1, 0.15) is 51.5 Å². The van der Waals surface area contributed by atoms with Crippen LogP contribution in [0.4, 0.5) is 13.2 Å². The fraction of sp³-hybridized carbons (Fsp3) is 0.385. The molecule has 4 rings (SSSR count). The summed E-state index contributed by atoms with van der Waals surface area (Å²) < 4.78 is 50.7. The summed E-state index contributed by atoms with van der Waals surface area (Å²) in [6.07, 6.45) is -1.20. The van der Waals surface area contributed by atoms with E-state index in [1.165, 1.54) is 12.3 Å². The minimum Gasteiger partial charge on any atom is -0.447 e. The van der Waals surface area contributed by atoms with Crippen molar-refractivity contribution in [3.05, 3.63) is 88.6 Å². The first kappa shape index (κ1) is 24.9. The average molecular weight is 488 g/mol. The Kier molecular flexibility index (Phi) is 7.87. The summed E-state index contributed by atoms with van der Waals surface area (Å²) in [5.41, 5.74) is 2.11. The largest absolute Gasteiger partial charge is 0.447 e. The summed E-state index contributed by atoms with van der Waals surface area (Å²) in [7, 11) is 0. The van der Waals surface area contributed by atoms with Crippen LogP contribution in [0.15, 0.2) is 59.2 Å². The standard InChI is InChI=1S/C26H28F3N3O3/c1-18-6-2-3-8-20(18)15-32(14-19-7-4-9-21(12-19)26(27,28)29)16-24-31-23(17-35-24)25(33)30-13-22-10-5-11-34-22/h2-4,6-9,12,17,22H,5,10-11,13-16H2,1H3,(H,30,33)/t22-/m1/s1. The summed E-state index contributed by atoms with van der Waals surface area (Å²) >= 11 is 0. The molecule has 1 amide bonds. The van der Waals surface area contributed by atoms with Gasteiger partial charge in [-0.05, 0) is 42.5 Å². The molecule has 0 saturated carbocycles. The molecule has 1 atom stereocenters. The van der Waals surface area contributed by atoms with Gasteiger partial charge in [-0.15, -0.1) is 0 Å². The third kappa shape index (κ3) is 6.93. The molecule has 0 bridgehead atoms. The van der Waals surface area contributed by atoms with Gasteiger partial charge in [0.05, 0.1) is 18.2 Å². The van der Waals surface area contributed by atoms with Crippen molar-refractivity contribution in [2.45, 2.75) is 51.7 Å². The van der Waals surface area contributed by atoms with Crippen LogP contribution in [0.3, 0.4) is 0 Å². The number of alkyl halides is 3. The number of ether oxygens (including phenoxy) is 1. The number of nitrogens with one attached hydrogen (secondary N) is 1. The SMILES string of the molecule is Cc1ccccc1CN(Cc1cccc(C(F)(F)F)c1)Cc1nc(C(=O)NC[C@H]2CCCO2)co1. The summed E-state index contributed by atoms with van der Waals surface area (Å²) in [5, 5.41) is 2.81. The molecule has 0 radical (unpaired) electrons. The van der Waals surface area contributed by atoms with E-state index in [4.69, 9.17) is 9.15 Å². The molecule has 1 saturated heterocycles. The van der Waals surface area contributed by atoms with Gasteiger partial charge in [0.25, 0.3) is 5.91 Å². The van der Waals surface area contributed by atoms with E-state index < -0.39 is 11.7 Å². The van der Waals surface area contributed by atoms with Crippen LogP contribution in [0, 0.1) is 6.92 Å². The van der Waals surface area contributed by atoms with Crippen LogP contribution in [0.5, 0.6) is 0 Å². The number of aryl methyl sites for hydroxylation is 1. The summed E-state index contributed by atoms with van der Waals surface area (Å²) in [4.78, 5) is 18.7. The van der Waals surface area contributed by atoms with Gasteiger partial charge in [0, 0.05) is 26.2 Å². The molecule has 1 fully saturated rings. The maximum Gasteiger partial charge on any atom is 0.416 e.